The lowest BCUT2D eigenvalue weighted by Crippen LogP contribution is -2.16. The summed E-state index contributed by atoms with van der Waals surface area (Å²) in [6.07, 6.45) is 3.60. The van der Waals surface area contributed by atoms with E-state index in [4.69, 9.17) is 9.26 Å². The predicted molar refractivity (Wildman–Crippen MR) is 59.7 cm³/mol. The molecule has 0 radical (unpaired) electrons. The number of nitrogens with one attached hydrogen (secondary N) is 1. The van der Waals surface area contributed by atoms with Crippen LogP contribution in [0.15, 0.2) is 4.52 Å². The van der Waals surface area contributed by atoms with E-state index < -0.39 is 0 Å². The van der Waals surface area contributed by atoms with E-state index in [0.717, 1.165) is 24.7 Å². The molecule has 2 aliphatic rings. The Balaban J connectivity index is 0.000000963. The molecule has 0 spiro atoms. The number of halogens is 1. The fraction of sp³-hybridized carbons (Fsp3) is 0.800. The van der Waals surface area contributed by atoms with Crippen molar-refractivity contribution in [2.45, 2.75) is 37.3 Å². The molecule has 1 saturated carbocycles. The van der Waals surface area contributed by atoms with E-state index in [-0.39, 0.29) is 24.6 Å². The van der Waals surface area contributed by atoms with Gasteiger partial charge in [0.2, 0.25) is 5.89 Å². The monoisotopic (exact) mass is 245 g/mol. The standard InChI is InChI=1S/C10H15N3O2.ClH/c1-14-7-4-8(11-5-7)10-12-9(13-15-10)6-2-3-6;/h6-8,11H,2-5H2,1H3;1H/t7-,8+;/m0./s1. The lowest BCUT2D eigenvalue weighted by Gasteiger charge is -2.04. The lowest BCUT2D eigenvalue weighted by atomic mass is 10.2. The quantitative estimate of drug-likeness (QED) is 0.873. The SMILES string of the molecule is CO[C@@H]1CN[C@@H](c2nc(C3CC3)no2)C1.Cl. The van der Waals surface area contributed by atoms with Crippen LogP contribution in [0.5, 0.6) is 0 Å². The van der Waals surface area contributed by atoms with Crippen LogP contribution in [0.3, 0.4) is 0 Å². The summed E-state index contributed by atoms with van der Waals surface area (Å²) >= 11 is 0. The molecule has 0 amide bonds. The normalized spacial score (nSPS) is 29.1. The van der Waals surface area contributed by atoms with Crippen molar-refractivity contribution in [2.24, 2.45) is 0 Å². The van der Waals surface area contributed by atoms with Gasteiger partial charge in [0, 0.05) is 19.6 Å². The first-order chi connectivity index (χ1) is 7.36. The molecular formula is C10H16ClN3O2. The van der Waals surface area contributed by atoms with E-state index >= 15 is 0 Å². The molecule has 0 bridgehead atoms. The molecule has 3 rings (SSSR count). The molecule has 5 nitrogen and oxygen atoms in total. The van der Waals surface area contributed by atoms with Crippen LogP contribution >= 0.6 is 12.4 Å². The van der Waals surface area contributed by atoms with Gasteiger partial charge in [-0.2, -0.15) is 4.98 Å². The smallest absolute Gasteiger partial charge is 0.243 e. The maximum atomic E-state index is 5.28. The molecule has 1 N–H and O–H groups in total. The third-order valence-electron chi connectivity index (χ3n) is 3.12. The van der Waals surface area contributed by atoms with Gasteiger partial charge in [-0.25, -0.2) is 0 Å². The van der Waals surface area contributed by atoms with Crippen molar-refractivity contribution >= 4 is 12.4 Å². The Labute approximate surface area is 100 Å². The highest BCUT2D eigenvalue weighted by atomic mass is 35.5. The van der Waals surface area contributed by atoms with Gasteiger partial charge >= 0.3 is 0 Å². The van der Waals surface area contributed by atoms with Gasteiger partial charge in [0.25, 0.3) is 0 Å². The first-order valence-electron chi connectivity index (χ1n) is 5.46. The van der Waals surface area contributed by atoms with Crippen molar-refractivity contribution in [1.29, 1.82) is 0 Å². The molecule has 1 saturated heterocycles. The van der Waals surface area contributed by atoms with Gasteiger partial charge in [0.15, 0.2) is 5.82 Å². The summed E-state index contributed by atoms with van der Waals surface area (Å²) in [5.74, 6) is 2.16. The van der Waals surface area contributed by atoms with Crippen LogP contribution in [-0.2, 0) is 4.74 Å². The summed E-state index contributed by atoms with van der Waals surface area (Å²) in [7, 11) is 1.73. The van der Waals surface area contributed by atoms with Crippen molar-refractivity contribution in [3.63, 3.8) is 0 Å². The van der Waals surface area contributed by atoms with Crippen molar-refractivity contribution in [3.8, 4) is 0 Å². The summed E-state index contributed by atoms with van der Waals surface area (Å²) in [6, 6.07) is 0.176. The Hall–Kier alpha value is -0.650. The highest BCUT2D eigenvalue weighted by molar-refractivity contribution is 5.85. The Morgan fingerprint density at radius 1 is 1.44 bits per heavy atom. The number of hydrogen-bond donors (Lipinski definition) is 1. The van der Waals surface area contributed by atoms with Crippen LogP contribution in [0.1, 0.15) is 42.9 Å². The van der Waals surface area contributed by atoms with Crippen LogP contribution in [0.25, 0.3) is 0 Å². The van der Waals surface area contributed by atoms with Crippen molar-refractivity contribution in [2.75, 3.05) is 13.7 Å². The molecule has 6 heteroatoms. The van der Waals surface area contributed by atoms with Gasteiger partial charge in [0.1, 0.15) is 0 Å². The van der Waals surface area contributed by atoms with E-state index in [1.807, 2.05) is 0 Å². The third kappa shape index (κ3) is 2.21. The number of aromatic nitrogens is 2. The van der Waals surface area contributed by atoms with E-state index in [1.165, 1.54) is 12.8 Å². The van der Waals surface area contributed by atoms with Gasteiger partial charge < -0.3 is 14.6 Å². The zero-order chi connectivity index (χ0) is 10.3. The number of rotatable bonds is 3. The summed E-state index contributed by atoms with van der Waals surface area (Å²) in [5.41, 5.74) is 0. The third-order valence-corrected chi connectivity index (χ3v) is 3.12. The second kappa shape index (κ2) is 4.69. The molecule has 16 heavy (non-hydrogen) atoms. The molecule has 1 aliphatic heterocycles. The molecule has 0 aromatic carbocycles. The lowest BCUT2D eigenvalue weighted by molar-refractivity contribution is 0.116. The zero-order valence-corrected chi connectivity index (χ0v) is 10.00. The van der Waals surface area contributed by atoms with E-state index in [1.54, 1.807) is 7.11 Å². The fourth-order valence-corrected chi connectivity index (χ4v) is 1.97. The molecule has 2 atom stereocenters. The van der Waals surface area contributed by atoms with Crippen molar-refractivity contribution in [3.05, 3.63) is 11.7 Å². The first-order valence-corrected chi connectivity index (χ1v) is 5.46. The molecular weight excluding hydrogens is 230 g/mol. The van der Waals surface area contributed by atoms with Crippen LogP contribution in [0.4, 0.5) is 0 Å². The molecule has 0 unspecified atom stereocenters. The van der Waals surface area contributed by atoms with Gasteiger partial charge in [-0.05, 0) is 19.3 Å². The minimum atomic E-state index is 0. The number of hydrogen-bond acceptors (Lipinski definition) is 5. The second-order valence-corrected chi connectivity index (χ2v) is 4.32. The highest BCUT2D eigenvalue weighted by Crippen LogP contribution is 2.38. The van der Waals surface area contributed by atoms with Crippen molar-refractivity contribution < 1.29 is 9.26 Å². The van der Waals surface area contributed by atoms with Gasteiger partial charge in [-0.3, -0.25) is 0 Å². The first kappa shape index (κ1) is 11.8. The van der Waals surface area contributed by atoms with Crippen LogP contribution in [0.2, 0.25) is 0 Å². The predicted octanol–water partition coefficient (Wildman–Crippen LogP) is 1.42. The summed E-state index contributed by atoms with van der Waals surface area (Å²) < 4.78 is 10.5. The van der Waals surface area contributed by atoms with E-state index in [0.29, 0.717) is 5.92 Å². The molecule has 1 aliphatic carbocycles. The average Bonchev–Trinajstić information content (AvgIpc) is 2.84. The Morgan fingerprint density at radius 2 is 2.25 bits per heavy atom. The van der Waals surface area contributed by atoms with Crippen LogP contribution in [0, 0.1) is 0 Å². The maximum absolute atomic E-state index is 5.28. The van der Waals surface area contributed by atoms with Gasteiger partial charge in [-0.1, -0.05) is 5.16 Å². The van der Waals surface area contributed by atoms with Crippen molar-refractivity contribution in [1.82, 2.24) is 15.5 Å². The largest absolute Gasteiger partial charge is 0.380 e. The summed E-state index contributed by atoms with van der Waals surface area (Å²) in [4.78, 5) is 4.43. The number of methoxy groups -OCH3 is 1. The number of ether oxygens (including phenoxy) is 1. The topological polar surface area (TPSA) is 60.2 Å². The Kier molecular flexibility index (Phi) is 3.47. The molecule has 1 aromatic rings. The van der Waals surface area contributed by atoms with Crippen LogP contribution < -0.4 is 5.32 Å². The minimum absolute atomic E-state index is 0. The molecule has 90 valence electrons. The minimum Gasteiger partial charge on any atom is -0.380 e. The maximum Gasteiger partial charge on any atom is 0.243 e. The summed E-state index contributed by atoms with van der Waals surface area (Å²) in [6.45, 7) is 0.863. The fourth-order valence-electron chi connectivity index (χ4n) is 1.97. The van der Waals surface area contributed by atoms with E-state index in [2.05, 4.69) is 15.5 Å². The highest BCUT2D eigenvalue weighted by Gasteiger charge is 2.33. The number of nitrogens with zero attached hydrogens (tertiary/aromatic N) is 2. The molecule has 2 fully saturated rings. The zero-order valence-electron chi connectivity index (χ0n) is 9.18. The van der Waals surface area contributed by atoms with Gasteiger partial charge in [-0.15, -0.1) is 12.4 Å². The second-order valence-electron chi connectivity index (χ2n) is 4.32. The Morgan fingerprint density at radius 3 is 2.88 bits per heavy atom. The van der Waals surface area contributed by atoms with Gasteiger partial charge in [0.05, 0.1) is 12.1 Å². The Bertz CT molecular complexity index is 354. The molecule has 1 aromatic heterocycles. The van der Waals surface area contributed by atoms with Crippen LogP contribution in [-0.4, -0.2) is 29.9 Å². The molecule has 2 heterocycles. The van der Waals surface area contributed by atoms with E-state index in [9.17, 15) is 0 Å². The summed E-state index contributed by atoms with van der Waals surface area (Å²) in [5, 5.41) is 7.33. The average molecular weight is 246 g/mol.